The largest absolute Gasteiger partial charge is 0.351 e. The van der Waals surface area contributed by atoms with Crippen molar-refractivity contribution in [3.63, 3.8) is 0 Å². The van der Waals surface area contributed by atoms with Gasteiger partial charge >= 0.3 is 0 Å². The molecule has 138 valence electrons. The van der Waals surface area contributed by atoms with E-state index in [1.165, 1.54) is 18.6 Å². The fourth-order valence-corrected chi connectivity index (χ4v) is 2.26. The van der Waals surface area contributed by atoms with Crippen molar-refractivity contribution in [1.82, 2.24) is 25.2 Å². The molecule has 0 atom stereocenters. The number of carbonyl (C=O) groups is 1. The van der Waals surface area contributed by atoms with E-state index in [9.17, 15) is 9.59 Å². The van der Waals surface area contributed by atoms with Gasteiger partial charge in [-0.3, -0.25) is 15.0 Å². The molecule has 2 aromatic heterocycles. The topological polar surface area (TPSA) is 127 Å². The molecule has 0 fully saturated rings. The van der Waals surface area contributed by atoms with E-state index >= 15 is 0 Å². The van der Waals surface area contributed by atoms with Crippen LogP contribution >= 0.6 is 0 Å². The Morgan fingerprint density at radius 2 is 2.12 bits per heavy atom. The summed E-state index contributed by atoms with van der Waals surface area (Å²) in [7, 11) is 3.93. The average molecular weight is 357 g/mol. The normalized spacial score (nSPS) is 10.6. The van der Waals surface area contributed by atoms with Crippen LogP contribution in [0.2, 0.25) is 0 Å². The molecule has 0 aliphatic heterocycles. The maximum absolute atomic E-state index is 12.1. The molecule has 0 unspecified atom stereocenters. The second-order valence-corrected chi connectivity index (χ2v) is 6.06. The van der Waals surface area contributed by atoms with Crippen LogP contribution in [0.15, 0.2) is 29.5 Å². The zero-order valence-electron chi connectivity index (χ0n) is 15.1. The number of hydrogen-bond donors (Lipinski definition) is 4. The van der Waals surface area contributed by atoms with Crippen molar-refractivity contribution in [2.24, 2.45) is 0 Å². The Kier molecular flexibility index (Phi) is 6.56. The molecular formula is C17H23N7O2. The number of nitrogens with one attached hydrogen (secondary N) is 4. The van der Waals surface area contributed by atoms with Gasteiger partial charge in [-0.1, -0.05) is 0 Å². The number of amides is 1. The molecule has 4 N–H and O–H groups in total. The van der Waals surface area contributed by atoms with Crippen LogP contribution in [0.5, 0.6) is 0 Å². The lowest BCUT2D eigenvalue weighted by molar-refractivity contribution is -0.114. The van der Waals surface area contributed by atoms with E-state index in [2.05, 4.69) is 25.6 Å². The van der Waals surface area contributed by atoms with Crippen molar-refractivity contribution >= 4 is 23.3 Å². The van der Waals surface area contributed by atoms with Crippen LogP contribution in [0.3, 0.4) is 0 Å². The van der Waals surface area contributed by atoms with Crippen molar-refractivity contribution in [2.45, 2.75) is 13.3 Å². The van der Waals surface area contributed by atoms with Crippen LogP contribution in [0.4, 0.5) is 11.6 Å². The summed E-state index contributed by atoms with van der Waals surface area (Å²) in [5, 5.41) is 13.6. The van der Waals surface area contributed by atoms with Gasteiger partial charge in [-0.05, 0) is 45.6 Å². The highest BCUT2D eigenvalue weighted by Crippen LogP contribution is 2.14. The summed E-state index contributed by atoms with van der Waals surface area (Å²) in [4.78, 5) is 36.4. The van der Waals surface area contributed by atoms with Crippen LogP contribution in [0, 0.1) is 12.3 Å². The second kappa shape index (κ2) is 8.86. The average Bonchev–Trinajstić information content (AvgIpc) is 2.60. The van der Waals surface area contributed by atoms with E-state index in [-0.39, 0.29) is 17.1 Å². The van der Waals surface area contributed by atoms with Crippen molar-refractivity contribution < 1.29 is 4.79 Å². The fraction of sp³-hybridized carbons (Fsp3) is 0.353. The Hall–Kier alpha value is -3.07. The summed E-state index contributed by atoms with van der Waals surface area (Å²) in [6, 6.07) is 1.66. The van der Waals surface area contributed by atoms with Gasteiger partial charge in [-0.25, -0.2) is 9.97 Å². The van der Waals surface area contributed by atoms with Crippen LogP contribution in [-0.2, 0) is 4.79 Å². The van der Waals surface area contributed by atoms with Crippen LogP contribution < -0.4 is 16.2 Å². The maximum atomic E-state index is 12.1. The molecule has 0 saturated carbocycles. The molecule has 2 rings (SSSR count). The number of aryl methyl sites for hydroxylation is 1. The van der Waals surface area contributed by atoms with Gasteiger partial charge in [-0.2, -0.15) is 0 Å². The SMILES string of the molecule is Cc1cc(Nc2ncc[nH]c2=O)ncc1C(=N)C(=O)NCCCN(C)C. The predicted molar refractivity (Wildman–Crippen MR) is 100 cm³/mol. The number of anilines is 2. The molecule has 9 nitrogen and oxygen atoms in total. The van der Waals surface area contributed by atoms with Gasteiger partial charge in [0.05, 0.1) is 0 Å². The third-order valence-electron chi connectivity index (χ3n) is 3.63. The minimum Gasteiger partial charge on any atom is -0.351 e. The summed E-state index contributed by atoms with van der Waals surface area (Å²) >= 11 is 0. The first-order valence-corrected chi connectivity index (χ1v) is 8.17. The number of pyridine rings is 1. The molecule has 2 aromatic rings. The number of hydrogen-bond acceptors (Lipinski definition) is 7. The van der Waals surface area contributed by atoms with Gasteiger partial charge in [0, 0.05) is 30.7 Å². The van der Waals surface area contributed by atoms with E-state index in [0.717, 1.165) is 13.0 Å². The first-order chi connectivity index (χ1) is 12.4. The lowest BCUT2D eigenvalue weighted by Gasteiger charge is -2.12. The van der Waals surface area contributed by atoms with E-state index in [1.54, 1.807) is 13.0 Å². The highest BCUT2D eigenvalue weighted by molar-refractivity contribution is 6.44. The van der Waals surface area contributed by atoms with E-state index in [4.69, 9.17) is 5.41 Å². The fourth-order valence-electron chi connectivity index (χ4n) is 2.26. The lowest BCUT2D eigenvalue weighted by atomic mass is 10.1. The molecule has 0 aliphatic rings. The van der Waals surface area contributed by atoms with Crippen LogP contribution in [0.25, 0.3) is 0 Å². The van der Waals surface area contributed by atoms with E-state index in [1.807, 2.05) is 19.0 Å². The van der Waals surface area contributed by atoms with Gasteiger partial charge in [0.2, 0.25) is 0 Å². The monoisotopic (exact) mass is 357 g/mol. The molecular weight excluding hydrogens is 334 g/mol. The summed E-state index contributed by atoms with van der Waals surface area (Å²) in [6.07, 6.45) is 5.15. The van der Waals surface area contributed by atoms with Gasteiger partial charge < -0.3 is 20.5 Å². The highest BCUT2D eigenvalue weighted by Gasteiger charge is 2.15. The minimum absolute atomic E-state index is 0.126. The number of aromatic amines is 1. The van der Waals surface area contributed by atoms with E-state index < -0.39 is 5.91 Å². The second-order valence-electron chi connectivity index (χ2n) is 6.06. The van der Waals surface area contributed by atoms with Gasteiger partial charge in [0.1, 0.15) is 11.5 Å². The molecule has 2 heterocycles. The van der Waals surface area contributed by atoms with Crippen molar-refractivity contribution in [3.05, 3.63) is 46.1 Å². The third kappa shape index (κ3) is 5.21. The summed E-state index contributed by atoms with van der Waals surface area (Å²) in [5.41, 5.74) is 0.641. The molecule has 0 bridgehead atoms. The Bertz CT molecular complexity index is 845. The molecule has 26 heavy (non-hydrogen) atoms. The Balaban J connectivity index is 2.02. The third-order valence-corrected chi connectivity index (χ3v) is 3.63. The summed E-state index contributed by atoms with van der Waals surface area (Å²) < 4.78 is 0. The van der Waals surface area contributed by atoms with E-state index in [0.29, 0.717) is 23.5 Å². The lowest BCUT2D eigenvalue weighted by Crippen LogP contribution is -2.33. The zero-order chi connectivity index (χ0) is 19.1. The standard InChI is InChI=1S/C17H23N7O2/c1-11-9-13(23-15-17(26)21-7-6-19-15)22-10-12(11)14(18)16(25)20-5-4-8-24(2)3/h6-7,9-10,18H,4-5,8H2,1-3H3,(H,20,25)(H,21,26)(H,19,22,23). The Labute approximate surface area is 151 Å². The molecule has 0 aliphatic carbocycles. The van der Waals surface area contributed by atoms with Crippen LogP contribution in [0.1, 0.15) is 17.5 Å². The highest BCUT2D eigenvalue weighted by atomic mass is 16.1. The Morgan fingerprint density at radius 3 is 2.77 bits per heavy atom. The van der Waals surface area contributed by atoms with Gasteiger partial charge in [0.25, 0.3) is 11.5 Å². The first-order valence-electron chi connectivity index (χ1n) is 8.17. The quantitative estimate of drug-likeness (QED) is 0.406. The molecule has 0 saturated heterocycles. The number of carbonyl (C=O) groups excluding carboxylic acids is 1. The predicted octanol–water partition coefficient (Wildman–Crippen LogP) is 0.653. The summed E-state index contributed by atoms with van der Waals surface area (Å²) in [5.74, 6) is 0.103. The van der Waals surface area contributed by atoms with Crippen LogP contribution in [-0.4, -0.2) is 58.7 Å². The molecule has 0 aromatic carbocycles. The number of rotatable bonds is 8. The number of aromatic nitrogens is 3. The smallest absolute Gasteiger partial charge is 0.291 e. The molecule has 0 radical (unpaired) electrons. The zero-order valence-corrected chi connectivity index (χ0v) is 15.1. The number of H-pyrrole nitrogens is 1. The maximum Gasteiger partial charge on any atom is 0.291 e. The molecule has 9 heteroatoms. The van der Waals surface area contributed by atoms with Gasteiger partial charge in [0.15, 0.2) is 5.82 Å². The molecule has 1 amide bonds. The molecule has 0 spiro atoms. The van der Waals surface area contributed by atoms with Crippen molar-refractivity contribution in [2.75, 3.05) is 32.5 Å². The first kappa shape index (κ1) is 19.3. The van der Waals surface area contributed by atoms with Gasteiger partial charge in [-0.15, -0.1) is 0 Å². The van der Waals surface area contributed by atoms with Crippen molar-refractivity contribution in [1.29, 1.82) is 5.41 Å². The number of nitrogens with zero attached hydrogens (tertiary/aromatic N) is 3. The summed E-state index contributed by atoms with van der Waals surface area (Å²) in [6.45, 7) is 3.15. The van der Waals surface area contributed by atoms with Crippen molar-refractivity contribution in [3.8, 4) is 0 Å². The minimum atomic E-state index is -0.435. The Morgan fingerprint density at radius 1 is 1.35 bits per heavy atom.